The average Bonchev–Trinajstić information content (AvgIpc) is 3.28. The molecule has 1 fully saturated rings. The second-order valence-electron chi connectivity index (χ2n) is 6.03. The molecule has 1 amide bonds. The Labute approximate surface area is 133 Å². The summed E-state index contributed by atoms with van der Waals surface area (Å²) in [5.41, 5.74) is 1.43. The number of furan rings is 1. The van der Waals surface area contributed by atoms with Gasteiger partial charge in [0.1, 0.15) is 5.76 Å². The number of esters is 1. The molecule has 2 heterocycles. The van der Waals surface area contributed by atoms with E-state index in [1.807, 2.05) is 24.3 Å². The van der Waals surface area contributed by atoms with Crippen LogP contribution in [0, 0.1) is 0 Å². The zero-order valence-electron chi connectivity index (χ0n) is 12.6. The van der Waals surface area contributed by atoms with Crippen molar-refractivity contribution in [2.75, 3.05) is 0 Å². The average molecular weight is 311 g/mol. The first-order valence-corrected chi connectivity index (χ1v) is 7.84. The maximum Gasteiger partial charge on any atom is 0.339 e. The largest absolute Gasteiger partial charge is 0.467 e. The SMILES string of the molecule is O=C1OC(C(=O)N(Cc2ccco2)C2CC2)Cc2ccccc21. The fourth-order valence-electron chi connectivity index (χ4n) is 3.00. The van der Waals surface area contributed by atoms with Gasteiger partial charge in [-0.25, -0.2) is 4.79 Å². The molecule has 4 rings (SSSR count). The number of amides is 1. The minimum atomic E-state index is -0.743. The molecule has 0 radical (unpaired) electrons. The maximum atomic E-state index is 12.9. The number of cyclic esters (lactones) is 1. The topological polar surface area (TPSA) is 59.8 Å². The molecule has 0 N–H and O–H groups in total. The van der Waals surface area contributed by atoms with E-state index in [0.29, 0.717) is 18.5 Å². The van der Waals surface area contributed by atoms with Crippen molar-refractivity contribution >= 4 is 11.9 Å². The van der Waals surface area contributed by atoms with Crippen LogP contribution >= 0.6 is 0 Å². The maximum absolute atomic E-state index is 12.9. The van der Waals surface area contributed by atoms with Crippen LogP contribution in [0.4, 0.5) is 0 Å². The summed E-state index contributed by atoms with van der Waals surface area (Å²) in [6, 6.07) is 11.2. The molecule has 1 aliphatic heterocycles. The first kappa shape index (κ1) is 14.1. The highest BCUT2D eigenvalue weighted by atomic mass is 16.5. The van der Waals surface area contributed by atoms with E-state index in [9.17, 15) is 9.59 Å². The number of fused-ring (bicyclic) bond motifs is 1. The van der Waals surface area contributed by atoms with E-state index in [0.717, 1.165) is 24.2 Å². The first-order chi connectivity index (χ1) is 11.2. The molecule has 1 aliphatic carbocycles. The van der Waals surface area contributed by atoms with Gasteiger partial charge in [-0.2, -0.15) is 0 Å². The van der Waals surface area contributed by atoms with Crippen LogP contribution in [-0.2, 0) is 22.5 Å². The van der Waals surface area contributed by atoms with Gasteiger partial charge in [0.25, 0.3) is 5.91 Å². The summed E-state index contributed by atoms with van der Waals surface area (Å²) in [6.45, 7) is 0.423. The van der Waals surface area contributed by atoms with Crippen molar-refractivity contribution in [1.29, 1.82) is 0 Å². The van der Waals surface area contributed by atoms with Gasteiger partial charge in [-0.05, 0) is 36.6 Å². The van der Waals surface area contributed by atoms with E-state index in [1.54, 1.807) is 23.3 Å². The van der Waals surface area contributed by atoms with Crippen LogP contribution in [0.5, 0.6) is 0 Å². The van der Waals surface area contributed by atoms with Crippen LogP contribution in [0.2, 0.25) is 0 Å². The number of carbonyl (C=O) groups is 2. The van der Waals surface area contributed by atoms with E-state index >= 15 is 0 Å². The molecule has 1 unspecified atom stereocenters. The Balaban J connectivity index is 1.55. The van der Waals surface area contributed by atoms with Gasteiger partial charge in [0.2, 0.25) is 0 Å². The molecule has 1 aromatic carbocycles. The summed E-state index contributed by atoms with van der Waals surface area (Å²) in [6.07, 6.45) is 3.27. The first-order valence-electron chi connectivity index (χ1n) is 7.84. The fraction of sp³-hybridized carbons (Fsp3) is 0.333. The Bertz CT molecular complexity index is 733. The third-order valence-corrected chi connectivity index (χ3v) is 4.34. The molecule has 0 spiro atoms. The van der Waals surface area contributed by atoms with Crippen molar-refractivity contribution in [3.05, 3.63) is 59.5 Å². The zero-order chi connectivity index (χ0) is 15.8. The summed E-state index contributed by atoms with van der Waals surface area (Å²) < 4.78 is 10.7. The Hall–Kier alpha value is -2.56. The van der Waals surface area contributed by atoms with Crippen molar-refractivity contribution < 1.29 is 18.7 Å². The summed E-state index contributed by atoms with van der Waals surface area (Å²) in [4.78, 5) is 26.8. The van der Waals surface area contributed by atoms with Crippen molar-refractivity contribution in [2.24, 2.45) is 0 Å². The minimum Gasteiger partial charge on any atom is -0.467 e. The van der Waals surface area contributed by atoms with Crippen LogP contribution in [0.15, 0.2) is 47.1 Å². The number of nitrogens with zero attached hydrogens (tertiary/aromatic N) is 1. The zero-order valence-corrected chi connectivity index (χ0v) is 12.6. The van der Waals surface area contributed by atoms with Crippen LogP contribution in [0.3, 0.4) is 0 Å². The predicted molar refractivity (Wildman–Crippen MR) is 81.6 cm³/mol. The molecule has 0 saturated heterocycles. The number of carbonyl (C=O) groups excluding carboxylic acids is 2. The second kappa shape index (κ2) is 5.57. The van der Waals surface area contributed by atoms with Gasteiger partial charge in [-0.1, -0.05) is 18.2 Å². The number of ether oxygens (including phenoxy) is 1. The van der Waals surface area contributed by atoms with Crippen molar-refractivity contribution in [3.63, 3.8) is 0 Å². The monoisotopic (exact) mass is 311 g/mol. The van der Waals surface area contributed by atoms with Crippen LogP contribution in [0.25, 0.3) is 0 Å². The molecule has 1 aromatic heterocycles. The van der Waals surface area contributed by atoms with Crippen LogP contribution < -0.4 is 0 Å². The molecular formula is C18H17NO4. The van der Waals surface area contributed by atoms with E-state index in [2.05, 4.69) is 0 Å². The molecule has 0 bridgehead atoms. The Morgan fingerprint density at radius 2 is 2.00 bits per heavy atom. The Morgan fingerprint density at radius 3 is 2.74 bits per heavy atom. The lowest BCUT2D eigenvalue weighted by Gasteiger charge is -2.29. The third-order valence-electron chi connectivity index (χ3n) is 4.34. The highest BCUT2D eigenvalue weighted by Crippen LogP contribution is 2.31. The number of hydrogen-bond donors (Lipinski definition) is 0. The molecule has 2 aliphatic rings. The van der Waals surface area contributed by atoms with Gasteiger partial charge in [0.05, 0.1) is 18.4 Å². The number of benzene rings is 1. The third kappa shape index (κ3) is 2.74. The van der Waals surface area contributed by atoms with Gasteiger partial charge < -0.3 is 14.1 Å². The van der Waals surface area contributed by atoms with Gasteiger partial charge in [-0.3, -0.25) is 4.79 Å². The lowest BCUT2D eigenvalue weighted by Crippen LogP contribution is -2.45. The van der Waals surface area contributed by atoms with Crippen molar-refractivity contribution in [2.45, 2.75) is 38.0 Å². The summed E-state index contributed by atoms with van der Waals surface area (Å²) in [5.74, 6) is 0.193. The molecule has 23 heavy (non-hydrogen) atoms. The van der Waals surface area contributed by atoms with Gasteiger partial charge in [0, 0.05) is 12.5 Å². The molecule has 2 aromatic rings. The molecule has 5 heteroatoms. The predicted octanol–water partition coefficient (Wildman–Crippen LogP) is 2.55. The van der Waals surface area contributed by atoms with E-state index < -0.39 is 12.1 Å². The summed E-state index contributed by atoms with van der Waals surface area (Å²) in [5, 5.41) is 0. The number of hydrogen-bond acceptors (Lipinski definition) is 4. The molecule has 1 saturated carbocycles. The van der Waals surface area contributed by atoms with Crippen molar-refractivity contribution in [1.82, 2.24) is 4.90 Å². The molecule has 5 nitrogen and oxygen atoms in total. The smallest absolute Gasteiger partial charge is 0.339 e. The van der Waals surface area contributed by atoms with Crippen LogP contribution in [0.1, 0.15) is 34.5 Å². The summed E-state index contributed by atoms with van der Waals surface area (Å²) >= 11 is 0. The highest BCUT2D eigenvalue weighted by Gasteiger charge is 2.40. The fourth-order valence-corrected chi connectivity index (χ4v) is 3.00. The van der Waals surface area contributed by atoms with Gasteiger partial charge >= 0.3 is 5.97 Å². The Morgan fingerprint density at radius 1 is 1.17 bits per heavy atom. The Kier molecular flexibility index (Phi) is 3.41. The lowest BCUT2D eigenvalue weighted by atomic mass is 9.98. The van der Waals surface area contributed by atoms with Gasteiger partial charge in [0.15, 0.2) is 6.10 Å². The van der Waals surface area contributed by atoms with Gasteiger partial charge in [-0.15, -0.1) is 0 Å². The lowest BCUT2D eigenvalue weighted by molar-refractivity contribution is -0.142. The minimum absolute atomic E-state index is 0.133. The van der Waals surface area contributed by atoms with Crippen molar-refractivity contribution in [3.8, 4) is 0 Å². The van der Waals surface area contributed by atoms with Crippen LogP contribution in [-0.4, -0.2) is 28.9 Å². The van der Waals surface area contributed by atoms with E-state index in [4.69, 9.17) is 9.15 Å². The van der Waals surface area contributed by atoms with E-state index in [-0.39, 0.29) is 11.9 Å². The standard InChI is InChI=1S/C18H17NO4/c20-17(19(13-7-8-13)11-14-5-3-9-22-14)16-10-12-4-1-2-6-15(12)18(21)23-16/h1-6,9,13,16H,7-8,10-11H2. The highest BCUT2D eigenvalue weighted by molar-refractivity contribution is 5.95. The van der Waals surface area contributed by atoms with E-state index in [1.165, 1.54) is 0 Å². The normalized spacial score (nSPS) is 19.8. The molecular weight excluding hydrogens is 294 g/mol. The molecule has 118 valence electrons. The summed E-state index contributed by atoms with van der Waals surface area (Å²) in [7, 11) is 0. The number of rotatable bonds is 4. The molecule has 1 atom stereocenters. The second-order valence-corrected chi connectivity index (χ2v) is 6.03. The quantitative estimate of drug-likeness (QED) is 0.814.